The summed E-state index contributed by atoms with van der Waals surface area (Å²) in [5.74, 6) is 0.545. The number of hydrogen-bond donors (Lipinski definition) is 0. The lowest BCUT2D eigenvalue weighted by Gasteiger charge is -2.20. The molecule has 3 nitrogen and oxygen atoms in total. The maximum atomic E-state index is 12.4. The average molecular weight is 301 g/mol. The van der Waals surface area contributed by atoms with Gasteiger partial charge in [0.1, 0.15) is 21.3 Å². The van der Waals surface area contributed by atoms with Crippen LogP contribution in [-0.2, 0) is 9.84 Å². The summed E-state index contributed by atoms with van der Waals surface area (Å²) in [5, 5.41) is 0.679. The van der Waals surface area contributed by atoms with E-state index in [0.29, 0.717) is 10.0 Å². The van der Waals surface area contributed by atoms with Crippen molar-refractivity contribution in [1.82, 2.24) is 0 Å². The summed E-state index contributed by atoms with van der Waals surface area (Å²) < 4.78 is 30.3. The second kappa shape index (κ2) is 3.88. The molecule has 92 valence electrons. The molecule has 0 amide bonds. The van der Waals surface area contributed by atoms with Gasteiger partial charge in [-0.05, 0) is 36.4 Å². The predicted molar refractivity (Wildman–Crippen MR) is 68.4 cm³/mol. The van der Waals surface area contributed by atoms with Crippen LogP contribution in [0.25, 0.3) is 0 Å². The lowest BCUT2D eigenvalue weighted by Crippen LogP contribution is -2.10. The number of ether oxygens (including phenoxy) is 1. The Bertz CT molecular complexity index is 696. The lowest BCUT2D eigenvalue weighted by atomic mass is 10.3. The Hall–Kier alpha value is -1.23. The van der Waals surface area contributed by atoms with E-state index in [4.69, 9.17) is 27.9 Å². The standard InChI is InChI=1S/C12H6Cl2O3S/c13-7-1-3-9-11(5-7)18(15,16)12-6-8(14)2-4-10(12)17-9/h1-6H. The van der Waals surface area contributed by atoms with E-state index in [1.54, 1.807) is 12.1 Å². The molecule has 2 aromatic rings. The summed E-state index contributed by atoms with van der Waals surface area (Å²) in [7, 11) is -3.64. The van der Waals surface area contributed by atoms with Crippen molar-refractivity contribution >= 4 is 33.0 Å². The molecule has 2 aromatic carbocycles. The fraction of sp³-hybridized carbons (Fsp3) is 0. The molecule has 18 heavy (non-hydrogen) atoms. The minimum Gasteiger partial charge on any atom is -0.455 e. The Morgan fingerprint density at radius 3 is 1.72 bits per heavy atom. The summed E-state index contributed by atoms with van der Waals surface area (Å²) in [6.07, 6.45) is 0. The molecule has 0 radical (unpaired) electrons. The van der Waals surface area contributed by atoms with Crippen LogP contribution >= 0.6 is 23.2 Å². The first-order chi connectivity index (χ1) is 8.48. The molecule has 0 unspecified atom stereocenters. The highest BCUT2D eigenvalue weighted by Gasteiger charge is 2.31. The van der Waals surface area contributed by atoms with Crippen molar-refractivity contribution in [1.29, 1.82) is 0 Å². The molecule has 0 aromatic heterocycles. The number of hydrogen-bond acceptors (Lipinski definition) is 3. The van der Waals surface area contributed by atoms with Crippen LogP contribution in [0.3, 0.4) is 0 Å². The Labute approximate surface area is 114 Å². The number of fused-ring (bicyclic) bond motifs is 2. The quantitative estimate of drug-likeness (QED) is 0.632. The van der Waals surface area contributed by atoms with E-state index >= 15 is 0 Å². The van der Waals surface area contributed by atoms with Gasteiger partial charge in [0.2, 0.25) is 9.84 Å². The molecule has 0 fully saturated rings. The second-order valence-corrected chi connectivity index (χ2v) is 6.55. The Balaban J connectivity index is 2.34. The zero-order chi connectivity index (χ0) is 12.9. The monoisotopic (exact) mass is 300 g/mol. The summed E-state index contributed by atoms with van der Waals surface area (Å²) in [6, 6.07) is 8.97. The molecule has 0 saturated heterocycles. The molecule has 1 aliphatic rings. The van der Waals surface area contributed by atoms with Gasteiger partial charge >= 0.3 is 0 Å². The van der Waals surface area contributed by atoms with Crippen molar-refractivity contribution in [3.8, 4) is 11.5 Å². The van der Waals surface area contributed by atoms with Crippen molar-refractivity contribution < 1.29 is 13.2 Å². The number of halogens is 2. The highest BCUT2D eigenvalue weighted by Crippen LogP contribution is 2.44. The highest BCUT2D eigenvalue weighted by atomic mass is 35.5. The van der Waals surface area contributed by atoms with Crippen LogP contribution in [0.1, 0.15) is 0 Å². The zero-order valence-electron chi connectivity index (χ0n) is 8.85. The SMILES string of the molecule is O=S1(=O)c2cc(Cl)ccc2Oc2ccc(Cl)cc21. The number of rotatable bonds is 0. The zero-order valence-corrected chi connectivity index (χ0v) is 11.2. The van der Waals surface area contributed by atoms with E-state index in [1.165, 1.54) is 24.3 Å². The van der Waals surface area contributed by atoms with Gasteiger partial charge in [0.15, 0.2) is 0 Å². The summed E-state index contributed by atoms with van der Waals surface area (Å²) in [6.45, 7) is 0. The molecule has 1 aliphatic heterocycles. The smallest absolute Gasteiger partial charge is 0.214 e. The van der Waals surface area contributed by atoms with Crippen molar-refractivity contribution in [2.75, 3.05) is 0 Å². The highest BCUT2D eigenvalue weighted by molar-refractivity contribution is 7.91. The molecule has 0 atom stereocenters. The van der Waals surface area contributed by atoms with Gasteiger partial charge in [0, 0.05) is 10.0 Å². The molecule has 0 spiro atoms. The normalized spacial score (nSPS) is 15.4. The van der Waals surface area contributed by atoms with Crippen molar-refractivity contribution in [2.45, 2.75) is 9.79 Å². The van der Waals surface area contributed by atoms with Crippen molar-refractivity contribution in [3.05, 3.63) is 46.4 Å². The Morgan fingerprint density at radius 1 is 0.833 bits per heavy atom. The largest absolute Gasteiger partial charge is 0.455 e. The van der Waals surface area contributed by atoms with Crippen LogP contribution in [-0.4, -0.2) is 8.42 Å². The molecule has 0 N–H and O–H groups in total. The third kappa shape index (κ3) is 1.68. The Morgan fingerprint density at radius 2 is 1.28 bits per heavy atom. The molecule has 6 heteroatoms. The molecule has 0 bridgehead atoms. The first-order valence-corrected chi connectivity index (χ1v) is 7.24. The van der Waals surface area contributed by atoms with Crippen molar-refractivity contribution in [3.63, 3.8) is 0 Å². The third-order valence-electron chi connectivity index (χ3n) is 2.61. The lowest BCUT2D eigenvalue weighted by molar-refractivity contribution is 0.443. The van der Waals surface area contributed by atoms with E-state index in [0.717, 1.165) is 0 Å². The van der Waals surface area contributed by atoms with Gasteiger partial charge in [-0.2, -0.15) is 0 Å². The van der Waals surface area contributed by atoms with E-state index in [9.17, 15) is 8.42 Å². The molecular weight excluding hydrogens is 295 g/mol. The molecule has 3 rings (SSSR count). The third-order valence-corrected chi connectivity index (χ3v) is 4.88. The average Bonchev–Trinajstić information content (AvgIpc) is 2.32. The van der Waals surface area contributed by atoms with Gasteiger partial charge in [-0.3, -0.25) is 0 Å². The van der Waals surface area contributed by atoms with Crippen LogP contribution in [0.15, 0.2) is 46.2 Å². The first-order valence-electron chi connectivity index (χ1n) is 5.00. The summed E-state index contributed by atoms with van der Waals surface area (Å²) in [5.41, 5.74) is 0. The van der Waals surface area contributed by atoms with Crippen LogP contribution in [0.5, 0.6) is 11.5 Å². The van der Waals surface area contributed by atoms with Gasteiger partial charge in [-0.25, -0.2) is 8.42 Å². The van der Waals surface area contributed by atoms with Crippen molar-refractivity contribution in [2.24, 2.45) is 0 Å². The second-order valence-electron chi connectivity index (χ2n) is 3.79. The fourth-order valence-electron chi connectivity index (χ4n) is 1.79. The number of sulfone groups is 1. The minimum absolute atomic E-state index is 0.0600. The Kier molecular flexibility index (Phi) is 2.55. The predicted octanol–water partition coefficient (Wildman–Crippen LogP) is 3.93. The molecule has 0 saturated carbocycles. The van der Waals surface area contributed by atoms with E-state index in [1.807, 2.05) is 0 Å². The first kappa shape index (κ1) is 11.8. The number of benzene rings is 2. The summed E-state index contributed by atoms with van der Waals surface area (Å²) >= 11 is 11.6. The maximum absolute atomic E-state index is 12.4. The molecule has 1 heterocycles. The maximum Gasteiger partial charge on any atom is 0.214 e. The van der Waals surface area contributed by atoms with Crippen LogP contribution in [0.2, 0.25) is 10.0 Å². The fourth-order valence-corrected chi connectivity index (χ4v) is 3.81. The van der Waals surface area contributed by atoms with Crippen LogP contribution in [0.4, 0.5) is 0 Å². The molecular formula is C12H6Cl2O3S. The van der Waals surface area contributed by atoms with E-state index in [2.05, 4.69) is 0 Å². The van der Waals surface area contributed by atoms with Crippen LogP contribution in [0, 0.1) is 0 Å². The minimum atomic E-state index is -3.64. The van der Waals surface area contributed by atoms with E-state index in [-0.39, 0.29) is 21.3 Å². The summed E-state index contributed by atoms with van der Waals surface area (Å²) in [4.78, 5) is 0.120. The van der Waals surface area contributed by atoms with E-state index < -0.39 is 9.84 Å². The topological polar surface area (TPSA) is 43.4 Å². The van der Waals surface area contributed by atoms with Gasteiger partial charge in [-0.1, -0.05) is 23.2 Å². The van der Waals surface area contributed by atoms with Gasteiger partial charge in [-0.15, -0.1) is 0 Å². The van der Waals surface area contributed by atoms with Gasteiger partial charge in [0.05, 0.1) is 0 Å². The van der Waals surface area contributed by atoms with Gasteiger partial charge in [0.25, 0.3) is 0 Å². The molecule has 0 aliphatic carbocycles. The van der Waals surface area contributed by atoms with Crippen LogP contribution < -0.4 is 4.74 Å². The van der Waals surface area contributed by atoms with Gasteiger partial charge < -0.3 is 4.74 Å².